The summed E-state index contributed by atoms with van der Waals surface area (Å²) in [6, 6.07) is 3.18. The van der Waals surface area contributed by atoms with Crippen molar-refractivity contribution in [3.05, 3.63) is 47.0 Å². The molecule has 2 atom stereocenters. The van der Waals surface area contributed by atoms with E-state index in [1.54, 1.807) is 6.92 Å². The molecule has 0 saturated carbocycles. The molecule has 0 amide bonds. The SMILES string of the molecule is Cc1nc([C@H]2CN(C[C@@H](O)c3ccc(F)cc3F)CCO2)n[nH]1. The van der Waals surface area contributed by atoms with Crippen LogP contribution in [0, 0.1) is 18.6 Å². The lowest BCUT2D eigenvalue weighted by atomic mass is 10.1. The molecule has 1 aromatic heterocycles. The summed E-state index contributed by atoms with van der Waals surface area (Å²) in [7, 11) is 0. The average Bonchev–Trinajstić information content (AvgIpc) is 2.94. The minimum atomic E-state index is -1.04. The molecule has 0 radical (unpaired) electrons. The maximum atomic E-state index is 13.7. The van der Waals surface area contributed by atoms with E-state index >= 15 is 0 Å². The van der Waals surface area contributed by atoms with E-state index in [9.17, 15) is 13.9 Å². The second kappa shape index (κ2) is 6.69. The van der Waals surface area contributed by atoms with Crippen LogP contribution in [0.5, 0.6) is 0 Å². The number of aliphatic hydroxyl groups is 1. The average molecular weight is 324 g/mol. The summed E-state index contributed by atoms with van der Waals surface area (Å²) >= 11 is 0. The lowest BCUT2D eigenvalue weighted by Crippen LogP contribution is -2.41. The lowest BCUT2D eigenvalue weighted by Gasteiger charge is -2.32. The van der Waals surface area contributed by atoms with Gasteiger partial charge in [0.15, 0.2) is 5.82 Å². The number of nitrogens with zero attached hydrogens (tertiary/aromatic N) is 3. The molecule has 1 saturated heterocycles. The highest BCUT2D eigenvalue weighted by Gasteiger charge is 2.27. The number of aryl methyl sites for hydroxylation is 1. The van der Waals surface area contributed by atoms with Crippen LogP contribution in [-0.4, -0.2) is 51.4 Å². The third-order valence-electron chi connectivity index (χ3n) is 3.81. The van der Waals surface area contributed by atoms with Crippen molar-refractivity contribution in [2.75, 3.05) is 26.2 Å². The largest absolute Gasteiger partial charge is 0.387 e. The number of halogens is 2. The van der Waals surface area contributed by atoms with Crippen molar-refractivity contribution in [3.63, 3.8) is 0 Å². The maximum absolute atomic E-state index is 13.7. The summed E-state index contributed by atoms with van der Waals surface area (Å²) in [4.78, 5) is 6.20. The molecule has 1 fully saturated rings. The number of aromatic amines is 1. The smallest absolute Gasteiger partial charge is 0.180 e. The predicted octanol–water partition coefficient (Wildman–Crippen LogP) is 1.50. The van der Waals surface area contributed by atoms with E-state index in [2.05, 4.69) is 15.2 Å². The predicted molar refractivity (Wildman–Crippen MR) is 77.6 cm³/mol. The second-order valence-electron chi connectivity index (χ2n) is 5.58. The van der Waals surface area contributed by atoms with Crippen LogP contribution in [0.15, 0.2) is 18.2 Å². The first kappa shape index (κ1) is 16.0. The number of ether oxygens (including phenoxy) is 1. The molecule has 124 valence electrons. The number of aliphatic hydroxyl groups excluding tert-OH is 1. The van der Waals surface area contributed by atoms with Gasteiger partial charge in [0.2, 0.25) is 0 Å². The molecule has 2 N–H and O–H groups in total. The standard InChI is InChI=1S/C15H18F2N4O2/c1-9-18-15(20-19-9)14-8-21(4-5-23-14)7-13(22)11-3-2-10(16)6-12(11)17/h2-3,6,13-14,22H,4-5,7-8H2,1H3,(H,18,19,20)/t13-,14-/m1/s1. The van der Waals surface area contributed by atoms with Gasteiger partial charge in [-0.05, 0) is 13.0 Å². The van der Waals surface area contributed by atoms with Crippen LogP contribution in [-0.2, 0) is 4.74 Å². The van der Waals surface area contributed by atoms with Crippen molar-refractivity contribution >= 4 is 0 Å². The summed E-state index contributed by atoms with van der Waals surface area (Å²) in [5, 5.41) is 17.1. The molecule has 2 heterocycles. The number of benzene rings is 1. The highest BCUT2D eigenvalue weighted by Crippen LogP contribution is 2.23. The van der Waals surface area contributed by atoms with Crippen LogP contribution in [0.1, 0.15) is 29.4 Å². The molecular weight excluding hydrogens is 306 g/mol. The Kier molecular flexibility index (Phi) is 4.65. The molecule has 8 heteroatoms. The zero-order valence-electron chi connectivity index (χ0n) is 12.7. The first-order valence-electron chi connectivity index (χ1n) is 7.39. The van der Waals surface area contributed by atoms with Crippen molar-refractivity contribution in [2.24, 2.45) is 0 Å². The molecule has 0 aliphatic carbocycles. The molecule has 2 aromatic rings. The van der Waals surface area contributed by atoms with Crippen molar-refractivity contribution in [1.29, 1.82) is 0 Å². The first-order valence-corrected chi connectivity index (χ1v) is 7.39. The Morgan fingerprint density at radius 1 is 1.48 bits per heavy atom. The van der Waals surface area contributed by atoms with E-state index in [1.165, 1.54) is 6.07 Å². The third-order valence-corrected chi connectivity index (χ3v) is 3.81. The van der Waals surface area contributed by atoms with Gasteiger partial charge in [0.05, 0.1) is 12.7 Å². The Balaban J connectivity index is 1.65. The van der Waals surface area contributed by atoms with Crippen LogP contribution >= 0.6 is 0 Å². The highest BCUT2D eigenvalue weighted by atomic mass is 19.1. The molecule has 0 spiro atoms. The number of hydrogen-bond donors (Lipinski definition) is 2. The minimum absolute atomic E-state index is 0.0863. The van der Waals surface area contributed by atoms with Gasteiger partial charge in [0.1, 0.15) is 23.6 Å². The van der Waals surface area contributed by atoms with Crippen LogP contribution in [0.25, 0.3) is 0 Å². The molecule has 0 bridgehead atoms. The van der Waals surface area contributed by atoms with Crippen LogP contribution in [0.2, 0.25) is 0 Å². The van der Waals surface area contributed by atoms with Gasteiger partial charge in [-0.15, -0.1) is 0 Å². The molecule has 23 heavy (non-hydrogen) atoms. The van der Waals surface area contributed by atoms with E-state index in [-0.39, 0.29) is 18.2 Å². The summed E-state index contributed by atoms with van der Waals surface area (Å²) in [5.74, 6) is -0.138. The second-order valence-corrected chi connectivity index (χ2v) is 5.58. The highest BCUT2D eigenvalue weighted by molar-refractivity contribution is 5.21. The van der Waals surface area contributed by atoms with E-state index < -0.39 is 17.7 Å². The van der Waals surface area contributed by atoms with Gasteiger partial charge >= 0.3 is 0 Å². The summed E-state index contributed by atoms with van der Waals surface area (Å²) in [6.07, 6.45) is -1.33. The van der Waals surface area contributed by atoms with E-state index in [0.717, 1.165) is 12.1 Å². The fourth-order valence-electron chi connectivity index (χ4n) is 2.64. The number of H-pyrrole nitrogens is 1. The zero-order valence-corrected chi connectivity index (χ0v) is 12.7. The topological polar surface area (TPSA) is 74.3 Å². The van der Waals surface area contributed by atoms with E-state index in [1.807, 2.05) is 4.90 Å². The maximum Gasteiger partial charge on any atom is 0.180 e. The summed E-state index contributed by atoms with van der Waals surface area (Å²) < 4.78 is 32.3. The van der Waals surface area contributed by atoms with Gasteiger partial charge < -0.3 is 9.84 Å². The fourth-order valence-corrected chi connectivity index (χ4v) is 2.64. The Morgan fingerprint density at radius 3 is 3.00 bits per heavy atom. The number of hydrogen-bond acceptors (Lipinski definition) is 5. The van der Waals surface area contributed by atoms with E-state index in [0.29, 0.717) is 31.3 Å². The van der Waals surface area contributed by atoms with Crippen molar-refractivity contribution in [3.8, 4) is 0 Å². The summed E-state index contributed by atoms with van der Waals surface area (Å²) in [6.45, 7) is 3.61. The number of morpholine rings is 1. The number of rotatable bonds is 4. The van der Waals surface area contributed by atoms with Crippen LogP contribution in [0.3, 0.4) is 0 Å². The minimum Gasteiger partial charge on any atom is -0.387 e. The molecule has 3 rings (SSSR count). The third kappa shape index (κ3) is 3.72. The van der Waals surface area contributed by atoms with Gasteiger partial charge in [-0.25, -0.2) is 13.8 Å². The molecule has 1 aliphatic heterocycles. The normalized spacial score (nSPS) is 20.6. The van der Waals surface area contributed by atoms with Gasteiger partial charge in [-0.2, -0.15) is 5.10 Å². The number of nitrogens with one attached hydrogen (secondary N) is 1. The summed E-state index contributed by atoms with van der Waals surface area (Å²) in [5.41, 5.74) is 0.0863. The molecule has 6 nitrogen and oxygen atoms in total. The van der Waals surface area contributed by atoms with Crippen molar-refractivity contribution in [2.45, 2.75) is 19.1 Å². The Labute approximate surface area is 132 Å². The first-order chi connectivity index (χ1) is 11.0. The van der Waals surface area contributed by atoms with Crippen LogP contribution in [0.4, 0.5) is 8.78 Å². The Hall–Kier alpha value is -1.90. The molecule has 1 aromatic carbocycles. The monoisotopic (exact) mass is 324 g/mol. The lowest BCUT2D eigenvalue weighted by molar-refractivity contribution is -0.0463. The van der Waals surface area contributed by atoms with Gasteiger partial charge in [-0.1, -0.05) is 6.07 Å². The van der Waals surface area contributed by atoms with Gasteiger partial charge in [0.25, 0.3) is 0 Å². The van der Waals surface area contributed by atoms with Crippen molar-refractivity contribution < 1.29 is 18.6 Å². The molecular formula is C15H18F2N4O2. The van der Waals surface area contributed by atoms with Crippen LogP contribution < -0.4 is 0 Å². The zero-order chi connectivity index (χ0) is 16.4. The van der Waals surface area contributed by atoms with Gasteiger partial charge in [0, 0.05) is 31.3 Å². The Morgan fingerprint density at radius 2 is 2.30 bits per heavy atom. The van der Waals surface area contributed by atoms with E-state index in [4.69, 9.17) is 4.74 Å². The fraction of sp³-hybridized carbons (Fsp3) is 0.467. The number of aromatic nitrogens is 3. The molecule has 1 aliphatic rings. The Bertz CT molecular complexity index is 679. The molecule has 0 unspecified atom stereocenters. The number of β-amino-alcohol motifs (C(OH)–C–C–N with tert-alkyl or cyclic N) is 1. The van der Waals surface area contributed by atoms with Gasteiger partial charge in [-0.3, -0.25) is 10.00 Å². The quantitative estimate of drug-likeness (QED) is 0.891. The van der Waals surface area contributed by atoms with Crippen molar-refractivity contribution in [1.82, 2.24) is 20.1 Å².